The third-order valence-electron chi connectivity index (χ3n) is 4.76. The first kappa shape index (κ1) is 16.6. The van der Waals surface area contributed by atoms with Crippen LogP contribution < -0.4 is 9.64 Å². The number of likely N-dealkylation sites (tertiary alicyclic amines) is 1. The SMILES string of the molecule is Cc1cc([C@H]2CCCCN2C(=O)CN2C(=O)COc3cccnc32)no1. The molecule has 1 saturated heterocycles. The van der Waals surface area contributed by atoms with Crippen molar-refractivity contribution in [1.82, 2.24) is 15.0 Å². The highest BCUT2D eigenvalue weighted by molar-refractivity contribution is 6.01. The number of aryl methyl sites for hydroxylation is 1. The number of anilines is 1. The van der Waals surface area contributed by atoms with Crippen LogP contribution in [0.3, 0.4) is 0 Å². The lowest BCUT2D eigenvalue weighted by Crippen LogP contribution is -2.48. The Morgan fingerprint density at radius 2 is 2.27 bits per heavy atom. The zero-order chi connectivity index (χ0) is 18.1. The van der Waals surface area contributed by atoms with Crippen LogP contribution in [0.25, 0.3) is 0 Å². The van der Waals surface area contributed by atoms with Crippen LogP contribution in [0.2, 0.25) is 0 Å². The first-order valence-corrected chi connectivity index (χ1v) is 8.74. The van der Waals surface area contributed by atoms with Crippen molar-refractivity contribution in [3.05, 3.63) is 35.9 Å². The van der Waals surface area contributed by atoms with E-state index in [-0.39, 0.29) is 31.0 Å². The van der Waals surface area contributed by atoms with E-state index in [0.717, 1.165) is 30.7 Å². The highest BCUT2D eigenvalue weighted by Gasteiger charge is 2.34. The Kier molecular flexibility index (Phi) is 4.32. The van der Waals surface area contributed by atoms with Crippen LogP contribution in [0.15, 0.2) is 28.9 Å². The van der Waals surface area contributed by atoms with Gasteiger partial charge in [-0.1, -0.05) is 5.16 Å². The lowest BCUT2D eigenvalue weighted by molar-refractivity contribution is -0.135. The molecule has 2 aromatic heterocycles. The number of nitrogens with zero attached hydrogens (tertiary/aromatic N) is 4. The molecular weight excluding hydrogens is 336 g/mol. The molecule has 8 nitrogen and oxygen atoms in total. The minimum atomic E-state index is -0.268. The molecule has 0 aliphatic carbocycles. The lowest BCUT2D eigenvalue weighted by atomic mass is 9.99. The summed E-state index contributed by atoms with van der Waals surface area (Å²) in [7, 11) is 0. The van der Waals surface area contributed by atoms with Crippen molar-refractivity contribution in [2.75, 3.05) is 24.6 Å². The maximum absolute atomic E-state index is 13.0. The summed E-state index contributed by atoms with van der Waals surface area (Å²) in [6.07, 6.45) is 4.38. The summed E-state index contributed by atoms with van der Waals surface area (Å²) in [4.78, 5) is 32.7. The summed E-state index contributed by atoms with van der Waals surface area (Å²) in [5.74, 6) is 1.24. The van der Waals surface area contributed by atoms with Gasteiger partial charge in [-0.2, -0.15) is 0 Å². The fourth-order valence-corrected chi connectivity index (χ4v) is 3.50. The van der Waals surface area contributed by atoms with Crippen LogP contribution >= 0.6 is 0 Å². The van der Waals surface area contributed by atoms with Gasteiger partial charge in [0.05, 0.1) is 6.04 Å². The second kappa shape index (κ2) is 6.78. The molecule has 0 saturated carbocycles. The maximum atomic E-state index is 13.0. The fourth-order valence-electron chi connectivity index (χ4n) is 3.50. The molecule has 1 fully saturated rings. The molecule has 4 heterocycles. The molecule has 0 unspecified atom stereocenters. The van der Waals surface area contributed by atoms with Gasteiger partial charge in [-0.3, -0.25) is 14.5 Å². The fraction of sp³-hybridized carbons (Fsp3) is 0.444. The van der Waals surface area contributed by atoms with Gasteiger partial charge >= 0.3 is 0 Å². The van der Waals surface area contributed by atoms with Crippen molar-refractivity contribution in [3.8, 4) is 5.75 Å². The topological polar surface area (TPSA) is 88.8 Å². The van der Waals surface area contributed by atoms with Crippen LogP contribution in [0.4, 0.5) is 5.82 Å². The number of pyridine rings is 1. The van der Waals surface area contributed by atoms with E-state index in [9.17, 15) is 9.59 Å². The van der Waals surface area contributed by atoms with Crippen molar-refractivity contribution in [1.29, 1.82) is 0 Å². The van der Waals surface area contributed by atoms with E-state index in [1.54, 1.807) is 23.2 Å². The number of carbonyl (C=O) groups is 2. The van der Waals surface area contributed by atoms with Gasteiger partial charge in [-0.15, -0.1) is 0 Å². The van der Waals surface area contributed by atoms with E-state index in [2.05, 4.69) is 10.1 Å². The Morgan fingerprint density at radius 3 is 3.08 bits per heavy atom. The second-order valence-corrected chi connectivity index (χ2v) is 6.55. The zero-order valence-electron chi connectivity index (χ0n) is 14.6. The molecule has 2 aliphatic heterocycles. The van der Waals surface area contributed by atoms with Gasteiger partial charge in [0, 0.05) is 18.8 Å². The number of ether oxygens (including phenoxy) is 1. The molecule has 2 aromatic rings. The van der Waals surface area contributed by atoms with Gasteiger partial charge in [0.2, 0.25) is 5.91 Å². The van der Waals surface area contributed by atoms with Crippen LogP contribution in [0.1, 0.15) is 36.8 Å². The molecule has 136 valence electrons. The number of aromatic nitrogens is 2. The predicted octanol–water partition coefficient (Wildman–Crippen LogP) is 1.86. The normalized spacial score (nSPS) is 19.9. The minimum absolute atomic E-state index is 0.0560. The van der Waals surface area contributed by atoms with E-state index in [1.165, 1.54) is 4.90 Å². The minimum Gasteiger partial charge on any atom is -0.480 e. The number of carbonyl (C=O) groups excluding carboxylic acids is 2. The van der Waals surface area contributed by atoms with Gasteiger partial charge in [0.1, 0.15) is 18.0 Å². The van der Waals surface area contributed by atoms with Crippen molar-refractivity contribution < 1.29 is 18.8 Å². The highest BCUT2D eigenvalue weighted by atomic mass is 16.5. The first-order valence-electron chi connectivity index (χ1n) is 8.74. The number of fused-ring (bicyclic) bond motifs is 1. The molecular formula is C18H20N4O4. The van der Waals surface area contributed by atoms with E-state index in [1.807, 2.05) is 13.0 Å². The average molecular weight is 356 g/mol. The van der Waals surface area contributed by atoms with Gasteiger partial charge in [0.25, 0.3) is 5.91 Å². The monoisotopic (exact) mass is 356 g/mol. The summed E-state index contributed by atoms with van der Waals surface area (Å²) in [6.45, 7) is 2.33. The Hall–Kier alpha value is -2.90. The number of amides is 2. The zero-order valence-corrected chi connectivity index (χ0v) is 14.6. The Morgan fingerprint density at radius 1 is 1.38 bits per heavy atom. The van der Waals surface area contributed by atoms with Gasteiger partial charge < -0.3 is 14.2 Å². The number of hydrogen-bond donors (Lipinski definition) is 0. The highest BCUT2D eigenvalue weighted by Crippen LogP contribution is 2.32. The molecule has 0 spiro atoms. The molecule has 2 aliphatic rings. The lowest BCUT2D eigenvalue weighted by Gasteiger charge is -2.36. The average Bonchev–Trinajstić information content (AvgIpc) is 3.10. The summed E-state index contributed by atoms with van der Waals surface area (Å²) in [6, 6.07) is 5.23. The molecule has 2 amide bonds. The van der Waals surface area contributed by atoms with Gasteiger partial charge in [-0.25, -0.2) is 4.98 Å². The molecule has 1 atom stereocenters. The quantitative estimate of drug-likeness (QED) is 0.834. The Labute approximate surface area is 150 Å². The molecule has 0 N–H and O–H groups in total. The van der Waals surface area contributed by atoms with Gasteiger partial charge in [-0.05, 0) is 38.3 Å². The summed E-state index contributed by atoms with van der Waals surface area (Å²) in [5, 5.41) is 4.09. The third kappa shape index (κ3) is 3.02. The first-order chi connectivity index (χ1) is 12.6. The third-order valence-corrected chi connectivity index (χ3v) is 4.76. The number of piperidine rings is 1. The second-order valence-electron chi connectivity index (χ2n) is 6.55. The van der Waals surface area contributed by atoms with Crippen LogP contribution in [0.5, 0.6) is 5.75 Å². The van der Waals surface area contributed by atoms with Gasteiger partial charge in [0.15, 0.2) is 18.2 Å². The van der Waals surface area contributed by atoms with Crippen LogP contribution in [-0.4, -0.2) is 46.6 Å². The Balaban J connectivity index is 1.56. The van der Waals surface area contributed by atoms with Crippen molar-refractivity contribution >= 4 is 17.6 Å². The number of hydrogen-bond acceptors (Lipinski definition) is 6. The smallest absolute Gasteiger partial charge is 0.266 e. The summed E-state index contributed by atoms with van der Waals surface area (Å²) in [5.41, 5.74) is 0.766. The van der Waals surface area contributed by atoms with Crippen molar-refractivity contribution in [2.24, 2.45) is 0 Å². The summed E-state index contributed by atoms with van der Waals surface area (Å²) < 4.78 is 10.6. The molecule has 0 aromatic carbocycles. The van der Waals surface area contributed by atoms with Crippen molar-refractivity contribution in [2.45, 2.75) is 32.2 Å². The molecule has 26 heavy (non-hydrogen) atoms. The van der Waals surface area contributed by atoms with Crippen LogP contribution in [-0.2, 0) is 9.59 Å². The number of rotatable bonds is 3. The molecule has 0 radical (unpaired) electrons. The van der Waals surface area contributed by atoms with Crippen molar-refractivity contribution in [3.63, 3.8) is 0 Å². The largest absolute Gasteiger partial charge is 0.480 e. The molecule has 4 rings (SSSR count). The van der Waals surface area contributed by atoms with E-state index < -0.39 is 0 Å². The standard InChI is InChI=1S/C18H20N4O4/c1-12-9-13(20-26-12)14-5-2-3-8-21(14)16(23)10-22-17(24)11-25-15-6-4-7-19-18(15)22/h4,6-7,9,14H,2-3,5,8,10-11H2,1H3/t14-/m1/s1. The predicted molar refractivity (Wildman–Crippen MR) is 91.6 cm³/mol. The Bertz CT molecular complexity index is 834. The van der Waals surface area contributed by atoms with E-state index in [0.29, 0.717) is 18.1 Å². The molecule has 8 heteroatoms. The van der Waals surface area contributed by atoms with E-state index in [4.69, 9.17) is 9.26 Å². The van der Waals surface area contributed by atoms with E-state index >= 15 is 0 Å². The summed E-state index contributed by atoms with van der Waals surface area (Å²) >= 11 is 0. The maximum Gasteiger partial charge on any atom is 0.266 e. The van der Waals surface area contributed by atoms with Crippen LogP contribution in [0, 0.1) is 6.92 Å². The molecule has 0 bridgehead atoms.